The van der Waals surface area contributed by atoms with E-state index in [1.165, 1.54) is 5.56 Å². The summed E-state index contributed by atoms with van der Waals surface area (Å²) in [7, 11) is 0. The Labute approximate surface area is 101 Å². The number of aromatic nitrogens is 4. The number of nitrogens with zero attached hydrogens (tertiary/aromatic N) is 3. The summed E-state index contributed by atoms with van der Waals surface area (Å²) in [6.07, 6.45) is 7.42. The summed E-state index contributed by atoms with van der Waals surface area (Å²) in [5, 5.41) is 14.1. The SMILES string of the molecule is CCCNC(Cc1cccnc1)c1cn[nH]n1. The van der Waals surface area contributed by atoms with Crippen LogP contribution in [-0.4, -0.2) is 26.9 Å². The number of pyridine rings is 1. The smallest absolute Gasteiger partial charge is 0.0997 e. The minimum absolute atomic E-state index is 0.192. The van der Waals surface area contributed by atoms with Crippen LogP contribution in [0.15, 0.2) is 30.7 Å². The van der Waals surface area contributed by atoms with Gasteiger partial charge in [-0.2, -0.15) is 15.4 Å². The zero-order valence-corrected chi connectivity index (χ0v) is 9.93. The minimum Gasteiger partial charge on any atom is -0.308 e. The number of hydrogen-bond donors (Lipinski definition) is 2. The molecule has 2 aromatic rings. The van der Waals surface area contributed by atoms with Gasteiger partial charge in [0.05, 0.1) is 17.9 Å². The fourth-order valence-corrected chi connectivity index (χ4v) is 1.73. The molecular weight excluding hydrogens is 214 g/mol. The second-order valence-electron chi connectivity index (χ2n) is 3.97. The van der Waals surface area contributed by atoms with Gasteiger partial charge in [0.1, 0.15) is 0 Å². The van der Waals surface area contributed by atoms with Crippen LogP contribution >= 0.6 is 0 Å². The van der Waals surface area contributed by atoms with Gasteiger partial charge in [-0.25, -0.2) is 0 Å². The first-order chi connectivity index (χ1) is 8.40. The Morgan fingerprint density at radius 2 is 2.35 bits per heavy atom. The molecule has 2 N–H and O–H groups in total. The van der Waals surface area contributed by atoms with Crippen LogP contribution < -0.4 is 5.32 Å². The molecule has 0 aliphatic carbocycles. The molecule has 0 bridgehead atoms. The lowest BCUT2D eigenvalue weighted by molar-refractivity contribution is 0.516. The lowest BCUT2D eigenvalue weighted by Crippen LogP contribution is -2.24. The molecule has 0 saturated carbocycles. The third-order valence-corrected chi connectivity index (χ3v) is 2.59. The van der Waals surface area contributed by atoms with Gasteiger partial charge in [-0.3, -0.25) is 4.98 Å². The fourth-order valence-electron chi connectivity index (χ4n) is 1.73. The second-order valence-corrected chi connectivity index (χ2v) is 3.97. The van der Waals surface area contributed by atoms with Crippen molar-refractivity contribution in [3.8, 4) is 0 Å². The summed E-state index contributed by atoms with van der Waals surface area (Å²) in [6.45, 7) is 3.12. The molecule has 5 heteroatoms. The fraction of sp³-hybridized carbons (Fsp3) is 0.417. The van der Waals surface area contributed by atoms with Crippen molar-refractivity contribution in [2.24, 2.45) is 0 Å². The summed E-state index contributed by atoms with van der Waals surface area (Å²) >= 11 is 0. The highest BCUT2D eigenvalue weighted by Gasteiger charge is 2.13. The van der Waals surface area contributed by atoms with E-state index in [0.717, 1.165) is 25.1 Å². The monoisotopic (exact) mass is 231 g/mol. The van der Waals surface area contributed by atoms with E-state index >= 15 is 0 Å². The van der Waals surface area contributed by atoms with E-state index in [9.17, 15) is 0 Å². The molecule has 0 aliphatic heterocycles. The summed E-state index contributed by atoms with van der Waals surface area (Å²) in [5.74, 6) is 0. The summed E-state index contributed by atoms with van der Waals surface area (Å²) in [4.78, 5) is 4.13. The number of nitrogens with one attached hydrogen (secondary N) is 2. The van der Waals surface area contributed by atoms with Gasteiger partial charge in [-0.1, -0.05) is 13.0 Å². The number of H-pyrrole nitrogens is 1. The Kier molecular flexibility index (Phi) is 4.21. The van der Waals surface area contributed by atoms with Crippen molar-refractivity contribution in [1.29, 1.82) is 0 Å². The van der Waals surface area contributed by atoms with Gasteiger partial charge in [0, 0.05) is 12.4 Å². The maximum absolute atomic E-state index is 4.15. The van der Waals surface area contributed by atoms with Crippen LogP contribution in [-0.2, 0) is 6.42 Å². The third-order valence-electron chi connectivity index (χ3n) is 2.59. The van der Waals surface area contributed by atoms with Crippen LogP contribution in [0, 0.1) is 0 Å². The van der Waals surface area contributed by atoms with Crippen molar-refractivity contribution < 1.29 is 0 Å². The molecule has 5 nitrogen and oxygen atoms in total. The third kappa shape index (κ3) is 3.35. The molecule has 1 atom stereocenters. The van der Waals surface area contributed by atoms with Crippen LogP contribution in [0.4, 0.5) is 0 Å². The average Bonchev–Trinajstić information content (AvgIpc) is 2.89. The van der Waals surface area contributed by atoms with E-state index in [1.807, 2.05) is 12.3 Å². The zero-order chi connectivity index (χ0) is 11.9. The standard InChI is InChI=1S/C12H17N5/c1-2-5-14-11(12-9-15-17-16-12)7-10-4-3-6-13-8-10/h3-4,6,8-9,11,14H,2,5,7H2,1H3,(H,15,16,17). The van der Waals surface area contributed by atoms with Gasteiger partial charge >= 0.3 is 0 Å². The maximum Gasteiger partial charge on any atom is 0.0997 e. The van der Waals surface area contributed by atoms with Crippen LogP contribution in [0.2, 0.25) is 0 Å². The molecule has 1 unspecified atom stereocenters. The van der Waals surface area contributed by atoms with Gasteiger partial charge in [-0.05, 0) is 31.0 Å². The van der Waals surface area contributed by atoms with Crippen molar-refractivity contribution in [3.05, 3.63) is 42.0 Å². The molecule has 2 aromatic heterocycles. The molecule has 0 spiro atoms. The van der Waals surface area contributed by atoms with E-state index in [2.05, 4.69) is 38.7 Å². The summed E-state index contributed by atoms with van der Waals surface area (Å²) in [5.41, 5.74) is 2.14. The lowest BCUT2D eigenvalue weighted by Gasteiger charge is -2.15. The highest BCUT2D eigenvalue weighted by atomic mass is 15.3. The van der Waals surface area contributed by atoms with Crippen molar-refractivity contribution >= 4 is 0 Å². The predicted octanol–water partition coefficient (Wildman–Crippen LogP) is 1.48. The van der Waals surface area contributed by atoms with Gasteiger partial charge in [0.25, 0.3) is 0 Å². The van der Waals surface area contributed by atoms with Crippen molar-refractivity contribution in [3.63, 3.8) is 0 Å². The quantitative estimate of drug-likeness (QED) is 0.790. The van der Waals surface area contributed by atoms with Crippen molar-refractivity contribution in [2.75, 3.05) is 6.54 Å². The highest BCUT2D eigenvalue weighted by Crippen LogP contribution is 2.14. The largest absolute Gasteiger partial charge is 0.308 e. The van der Waals surface area contributed by atoms with Crippen LogP contribution in [0.5, 0.6) is 0 Å². The Hall–Kier alpha value is -1.75. The van der Waals surface area contributed by atoms with Gasteiger partial charge in [0.15, 0.2) is 0 Å². The van der Waals surface area contributed by atoms with Crippen molar-refractivity contribution in [1.82, 2.24) is 25.7 Å². The molecule has 17 heavy (non-hydrogen) atoms. The number of aromatic amines is 1. The molecule has 0 aromatic carbocycles. The van der Waals surface area contributed by atoms with E-state index in [0.29, 0.717) is 0 Å². The van der Waals surface area contributed by atoms with E-state index in [1.54, 1.807) is 12.4 Å². The molecule has 0 fully saturated rings. The lowest BCUT2D eigenvalue weighted by atomic mass is 10.1. The number of hydrogen-bond acceptors (Lipinski definition) is 4. The second kappa shape index (κ2) is 6.10. The van der Waals surface area contributed by atoms with Gasteiger partial charge in [0.2, 0.25) is 0 Å². The predicted molar refractivity (Wildman–Crippen MR) is 65.4 cm³/mol. The Morgan fingerprint density at radius 1 is 1.41 bits per heavy atom. The normalized spacial score (nSPS) is 12.5. The highest BCUT2D eigenvalue weighted by molar-refractivity contribution is 5.13. The zero-order valence-electron chi connectivity index (χ0n) is 9.93. The van der Waals surface area contributed by atoms with E-state index < -0.39 is 0 Å². The summed E-state index contributed by atoms with van der Waals surface area (Å²) in [6, 6.07) is 4.22. The molecule has 2 heterocycles. The molecule has 90 valence electrons. The van der Waals surface area contributed by atoms with Crippen LogP contribution in [0.1, 0.15) is 30.6 Å². The molecule has 0 aliphatic rings. The van der Waals surface area contributed by atoms with Gasteiger partial charge in [-0.15, -0.1) is 0 Å². The summed E-state index contributed by atoms with van der Waals surface area (Å²) < 4.78 is 0. The first kappa shape index (κ1) is 11.7. The van der Waals surface area contributed by atoms with Crippen molar-refractivity contribution in [2.45, 2.75) is 25.8 Å². The average molecular weight is 231 g/mol. The molecule has 0 saturated heterocycles. The van der Waals surface area contributed by atoms with Crippen LogP contribution in [0.3, 0.4) is 0 Å². The minimum atomic E-state index is 0.192. The molecule has 2 rings (SSSR count). The Morgan fingerprint density at radius 3 is 3.00 bits per heavy atom. The maximum atomic E-state index is 4.15. The van der Waals surface area contributed by atoms with Gasteiger partial charge < -0.3 is 5.32 Å². The Balaban J connectivity index is 2.06. The Bertz CT molecular complexity index is 412. The van der Waals surface area contributed by atoms with E-state index in [-0.39, 0.29) is 6.04 Å². The number of rotatable bonds is 6. The molecule has 0 radical (unpaired) electrons. The molecule has 0 amide bonds. The first-order valence-corrected chi connectivity index (χ1v) is 5.88. The first-order valence-electron chi connectivity index (χ1n) is 5.88. The molecular formula is C12H17N5. The van der Waals surface area contributed by atoms with Crippen LogP contribution in [0.25, 0.3) is 0 Å². The topological polar surface area (TPSA) is 66.5 Å². The van der Waals surface area contributed by atoms with E-state index in [4.69, 9.17) is 0 Å².